The quantitative estimate of drug-likeness (QED) is 0.714. The fourth-order valence-electron chi connectivity index (χ4n) is 3.10. The van der Waals surface area contributed by atoms with Gasteiger partial charge in [-0.1, -0.05) is 20.8 Å². The SMILES string of the molecule is CC.COCCN1CC2CC(C)CC2C1. The first-order chi connectivity index (χ1) is 7.29. The molecule has 0 spiro atoms. The van der Waals surface area contributed by atoms with Gasteiger partial charge >= 0.3 is 0 Å². The van der Waals surface area contributed by atoms with Crippen LogP contribution in [0.4, 0.5) is 0 Å². The molecule has 0 N–H and O–H groups in total. The lowest BCUT2D eigenvalue weighted by Gasteiger charge is -2.16. The van der Waals surface area contributed by atoms with Gasteiger partial charge in [-0.05, 0) is 30.6 Å². The third-order valence-electron chi connectivity index (χ3n) is 3.67. The normalized spacial score (nSPS) is 34.8. The maximum absolute atomic E-state index is 5.11. The number of hydrogen-bond acceptors (Lipinski definition) is 2. The Bertz CT molecular complexity index is 158. The lowest BCUT2D eigenvalue weighted by molar-refractivity contribution is 0.155. The van der Waals surface area contributed by atoms with E-state index in [-0.39, 0.29) is 0 Å². The Hall–Kier alpha value is -0.0800. The second-order valence-electron chi connectivity index (χ2n) is 4.85. The molecule has 2 aliphatic rings. The zero-order chi connectivity index (χ0) is 11.3. The minimum absolute atomic E-state index is 0.898. The van der Waals surface area contributed by atoms with Crippen molar-refractivity contribution in [3.05, 3.63) is 0 Å². The molecule has 1 saturated heterocycles. The van der Waals surface area contributed by atoms with Crippen LogP contribution in [0.5, 0.6) is 0 Å². The predicted octanol–water partition coefficient (Wildman–Crippen LogP) is 2.64. The number of hydrogen-bond donors (Lipinski definition) is 0. The van der Waals surface area contributed by atoms with Crippen molar-refractivity contribution < 1.29 is 4.74 Å². The maximum atomic E-state index is 5.11. The topological polar surface area (TPSA) is 12.5 Å². The van der Waals surface area contributed by atoms with E-state index in [0.717, 1.165) is 30.9 Å². The Morgan fingerprint density at radius 1 is 1.13 bits per heavy atom. The second-order valence-corrected chi connectivity index (χ2v) is 4.85. The van der Waals surface area contributed by atoms with E-state index in [9.17, 15) is 0 Å². The van der Waals surface area contributed by atoms with Crippen LogP contribution >= 0.6 is 0 Å². The Labute approximate surface area is 95.0 Å². The minimum atomic E-state index is 0.898. The van der Waals surface area contributed by atoms with E-state index in [2.05, 4.69) is 11.8 Å². The molecule has 2 nitrogen and oxygen atoms in total. The van der Waals surface area contributed by atoms with E-state index in [1.807, 2.05) is 13.8 Å². The van der Waals surface area contributed by atoms with Crippen molar-refractivity contribution in [3.8, 4) is 0 Å². The van der Waals surface area contributed by atoms with E-state index in [4.69, 9.17) is 4.74 Å². The van der Waals surface area contributed by atoms with E-state index in [1.54, 1.807) is 7.11 Å². The highest BCUT2D eigenvalue weighted by Gasteiger charge is 2.38. The van der Waals surface area contributed by atoms with Crippen molar-refractivity contribution in [2.24, 2.45) is 17.8 Å². The third kappa shape index (κ3) is 3.46. The first kappa shape index (κ1) is 13.0. The lowest BCUT2D eigenvalue weighted by Crippen LogP contribution is -2.26. The number of ether oxygens (including phenoxy) is 1. The van der Waals surface area contributed by atoms with Gasteiger partial charge < -0.3 is 9.64 Å². The molecule has 1 saturated carbocycles. The molecule has 1 heterocycles. The smallest absolute Gasteiger partial charge is 0.0589 e. The molecule has 90 valence electrons. The molecule has 0 aromatic heterocycles. The molecule has 2 atom stereocenters. The fraction of sp³-hybridized carbons (Fsp3) is 1.00. The lowest BCUT2D eigenvalue weighted by atomic mass is 10.0. The number of fused-ring (bicyclic) bond motifs is 1. The average Bonchev–Trinajstić information content (AvgIpc) is 2.74. The summed E-state index contributed by atoms with van der Waals surface area (Å²) in [6, 6.07) is 0. The molecular formula is C13H27NO. The van der Waals surface area contributed by atoms with Gasteiger partial charge in [-0.2, -0.15) is 0 Å². The van der Waals surface area contributed by atoms with Crippen molar-refractivity contribution in [1.29, 1.82) is 0 Å². The molecule has 1 aliphatic carbocycles. The van der Waals surface area contributed by atoms with E-state index >= 15 is 0 Å². The third-order valence-corrected chi connectivity index (χ3v) is 3.67. The van der Waals surface area contributed by atoms with Crippen LogP contribution in [0.3, 0.4) is 0 Å². The van der Waals surface area contributed by atoms with Crippen molar-refractivity contribution in [1.82, 2.24) is 4.90 Å². The van der Waals surface area contributed by atoms with Gasteiger partial charge in [0, 0.05) is 26.7 Å². The molecule has 0 aromatic carbocycles. The molecule has 1 aliphatic heterocycles. The van der Waals surface area contributed by atoms with Gasteiger partial charge in [-0.15, -0.1) is 0 Å². The van der Waals surface area contributed by atoms with Gasteiger partial charge in [0.15, 0.2) is 0 Å². The number of nitrogens with zero attached hydrogens (tertiary/aromatic N) is 1. The second kappa shape index (κ2) is 6.49. The summed E-state index contributed by atoms with van der Waals surface area (Å²) >= 11 is 0. The molecule has 0 radical (unpaired) electrons. The van der Waals surface area contributed by atoms with Crippen LogP contribution in [0.1, 0.15) is 33.6 Å². The molecule has 2 unspecified atom stereocenters. The molecule has 0 aromatic rings. The zero-order valence-electron chi connectivity index (χ0n) is 10.8. The van der Waals surface area contributed by atoms with E-state index in [1.165, 1.54) is 25.9 Å². The van der Waals surface area contributed by atoms with Crippen LogP contribution in [-0.2, 0) is 4.74 Å². The van der Waals surface area contributed by atoms with Crippen molar-refractivity contribution in [2.45, 2.75) is 33.6 Å². The van der Waals surface area contributed by atoms with Crippen LogP contribution in [0, 0.1) is 17.8 Å². The van der Waals surface area contributed by atoms with Crippen LogP contribution in [0.2, 0.25) is 0 Å². The summed E-state index contributed by atoms with van der Waals surface area (Å²) in [5.41, 5.74) is 0. The Balaban J connectivity index is 0.000000531. The number of rotatable bonds is 3. The Morgan fingerprint density at radius 3 is 2.13 bits per heavy atom. The van der Waals surface area contributed by atoms with Crippen LogP contribution in [0.15, 0.2) is 0 Å². The van der Waals surface area contributed by atoms with Crippen LogP contribution < -0.4 is 0 Å². The summed E-state index contributed by atoms with van der Waals surface area (Å²) < 4.78 is 5.11. The summed E-state index contributed by atoms with van der Waals surface area (Å²) in [7, 11) is 1.79. The first-order valence-electron chi connectivity index (χ1n) is 6.51. The van der Waals surface area contributed by atoms with Gasteiger partial charge in [0.2, 0.25) is 0 Å². The molecular weight excluding hydrogens is 186 g/mol. The maximum Gasteiger partial charge on any atom is 0.0589 e. The monoisotopic (exact) mass is 213 g/mol. The first-order valence-corrected chi connectivity index (χ1v) is 6.51. The summed E-state index contributed by atoms with van der Waals surface area (Å²) in [4.78, 5) is 2.57. The van der Waals surface area contributed by atoms with Crippen molar-refractivity contribution in [3.63, 3.8) is 0 Å². The van der Waals surface area contributed by atoms with E-state index in [0.29, 0.717) is 0 Å². The predicted molar refractivity (Wildman–Crippen MR) is 65.0 cm³/mol. The molecule has 15 heavy (non-hydrogen) atoms. The highest BCUT2D eigenvalue weighted by atomic mass is 16.5. The van der Waals surface area contributed by atoms with E-state index < -0.39 is 0 Å². The molecule has 0 bridgehead atoms. The Kier molecular flexibility index (Phi) is 5.62. The highest BCUT2D eigenvalue weighted by molar-refractivity contribution is 4.90. The van der Waals surface area contributed by atoms with Crippen LogP contribution in [-0.4, -0.2) is 38.3 Å². The number of methoxy groups -OCH3 is 1. The molecule has 2 fully saturated rings. The highest BCUT2D eigenvalue weighted by Crippen LogP contribution is 2.40. The Morgan fingerprint density at radius 2 is 1.67 bits per heavy atom. The molecule has 0 amide bonds. The summed E-state index contributed by atoms with van der Waals surface area (Å²) in [5, 5.41) is 0. The average molecular weight is 213 g/mol. The van der Waals surface area contributed by atoms with Crippen molar-refractivity contribution in [2.75, 3.05) is 33.4 Å². The standard InChI is InChI=1S/C11H21NO.C2H6/c1-9-5-10-7-12(3-4-13-2)8-11(10)6-9;1-2/h9-11H,3-8H2,1-2H3;1-2H3. The number of likely N-dealkylation sites (tertiary alicyclic amines) is 1. The molecule has 2 heteroatoms. The largest absolute Gasteiger partial charge is 0.383 e. The summed E-state index contributed by atoms with van der Waals surface area (Å²) in [6.45, 7) is 11.1. The summed E-state index contributed by atoms with van der Waals surface area (Å²) in [6.07, 6.45) is 2.93. The van der Waals surface area contributed by atoms with Crippen LogP contribution in [0.25, 0.3) is 0 Å². The van der Waals surface area contributed by atoms with Gasteiger partial charge in [0.1, 0.15) is 0 Å². The van der Waals surface area contributed by atoms with Gasteiger partial charge in [-0.25, -0.2) is 0 Å². The van der Waals surface area contributed by atoms with Gasteiger partial charge in [-0.3, -0.25) is 0 Å². The van der Waals surface area contributed by atoms with Gasteiger partial charge in [0.05, 0.1) is 6.61 Å². The summed E-state index contributed by atoms with van der Waals surface area (Å²) in [5.74, 6) is 3.00. The fourth-order valence-corrected chi connectivity index (χ4v) is 3.10. The van der Waals surface area contributed by atoms with Gasteiger partial charge in [0.25, 0.3) is 0 Å². The molecule has 2 rings (SSSR count). The minimum Gasteiger partial charge on any atom is -0.383 e. The van der Waals surface area contributed by atoms with Crippen molar-refractivity contribution >= 4 is 0 Å². The zero-order valence-corrected chi connectivity index (χ0v) is 10.8.